The van der Waals surface area contributed by atoms with Crippen molar-refractivity contribution in [1.29, 1.82) is 0 Å². The minimum absolute atomic E-state index is 0. The van der Waals surface area contributed by atoms with Gasteiger partial charge in [0.2, 0.25) is 0 Å². The van der Waals surface area contributed by atoms with Crippen molar-refractivity contribution in [3.63, 3.8) is 0 Å². The van der Waals surface area contributed by atoms with E-state index in [4.69, 9.17) is 4.52 Å². The van der Waals surface area contributed by atoms with Crippen LogP contribution in [0.5, 0.6) is 0 Å². The summed E-state index contributed by atoms with van der Waals surface area (Å²) in [7, 11) is 0. The van der Waals surface area contributed by atoms with Crippen molar-refractivity contribution in [3.05, 3.63) is 23.0 Å². The Balaban J connectivity index is 0.00000169. The average molecular weight is 351 g/mol. The third kappa shape index (κ3) is 3.13. The van der Waals surface area contributed by atoms with Crippen LogP contribution >= 0.6 is 12.4 Å². The Kier molecular flexibility index (Phi) is 4.78. The number of halogens is 1. The molecule has 1 aliphatic carbocycles. The smallest absolute Gasteiger partial charge is 0.259 e. The van der Waals surface area contributed by atoms with Gasteiger partial charge in [0, 0.05) is 24.2 Å². The first-order chi connectivity index (χ1) is 11.1. The van der Waals surface area contributed by atoms with E-state index in [1.165, 1.54) is 0 Å². The van der Waals surface area contributed by atoms with E-state index >= 15 is 0 Å². The number of rotatable bonds is 4. The van der Waals surface area contributed by atoms with Crippen LogP contribution in [0.25, 0.3) is 11.1 Å². The van der Waals surface area contributed by atoms with E-state index in [1.54, 1.807) is 0 Å². The minimum atomic E-state index is -0.0434. The monoisotopic (exact) mass is 350 g/mol. The third-order valence-corrected chi connectivity index (χ3v) is 4.68. The lowest BCUT2D eigenvalue weighted by Crippen LogP contribution is -2.36. The van der Waals surface area contributed by atoms with Crippen LogP contribution in [0.4, 0.5) is 0 Å². The lowest BCUT2D eigenvalue weighted by atomic mass is 10.0. The molecule has 1 unspecified atom stereocenters. The Bertz CT molecular complexity index is 748. The molecule has 1 atom stereocenters. The third-order valence-electron chi connectivity index (χ3n) is 4.68. The van der Waals surface area contributed by atoms with Gasteiger partial charge >= 0.3 is 0 Å². The van der Waals surface area contributed by atoms with Gasteiger partial charge < -0.3 is 15.2 Å². The summed E-state index contributed by atoms with van der Waals surface area (Å²) >= 11 is 0. The number of amides is 1. The highest BCUT2D eigenvalue weighted by Gasteiger charge is 2.30. The van der Waals surface area contributed by atoms with Crippen molar-refractivity contribution in [1.82, 2.24) is 20.8 Å². The Labute approximate surface area is 147 Å². The predicted molar refractivity (Wildman–Crippen MR) is 93.9 cm³/mol. The predicted octanol–water partition coefficient (Wildman–Crippen LogP) is 2.74. The molecule has 0 spiro atoms. The molecule has 6 nitrogen and oxygen atoms in total. The molecule has 2 aromatic rings. The van der Waals surface area contributed by atoms with Crippen molar-refractivity contribution in [3.8, 4) is 0 Å². The summed E-state index contributed by atoms with van der Waals surface area (Å²) in [5, 5.41) is 11.3. The molecule has 2 fully saturated rings. The quantitative estimate of drug-likeness (QED) is 0.886. The highest BCUT2D eigenvalue weighted by molar-refractivity contribution is 6.06. The second-order valence-electron chi connectivity index (χ2n) is 6.93. The molecule has 1 amide bonds. The van der Waals surface area contributed by atoms with E-state index in [0.29, 0.717) is 17.2 Å². The standard InChI is InChI=1S/C17H22N4O2.ClH/c1-9(2)15-14-12(16(22)19-11-5-6-18-8-11)7-13(10-3-4-10)20-17(14)23-21-15;/h7,9-11,18H,3-6,8H2,1-2H3,(H,19,22);1H. The number of nitrogens with one attached hydrogen (secondary N) is 2. The molecule has 1 saturated carbocycles. The van der Waals surface area contributed by atoms with Gasteiger partial charge in [0.25, 0.3) is 11.6 Å². The van der Waals surface area contributed by atoms with Crippen molar-refractivity contribution in [2.24, 2.45) is 0 Å². The normalized spacial score (nSPS) is 20.4. The molecule has 0 aromatic carbocycles. The van der Waals surface area contributed by atoms with Gasteiger partial charge in [-0.05, 0) is 37.8 Å². The number of carbonyl (C=O) groups excluding carboxylic acids is 1. The lowest BCUT2D eigenvalue weighted by molar-refractivity contribution is 0.0941. The highest BCUT2D eigenvalue weighted by Crippen LogP contribution is 2.41. The SMILES string of the molecule is CC(C)c1noc2nc(C3CC3)cc(C(=O)NC3CCNC3)c12.Cl. The fourth-order valence-corrected chi connectivity index (χ4v) is 3.19. The van der Waals surface area contributed by atoms with Crippen LogP contribution in [0.2, 0.25) is 0 Å². The van der Waals surface area contributed by atoms with Gasteiger partial charge in [-0.3, -0.25) is 4.79 Å². The van der Waals surface area contributed by atoms with Crippen LogP contribution in [0.1, 0.15) is 66.7 Å². The van der Waals surface area contributed by atoms with Crippen LogP contribution in [-0.2, 0) is 0 Å². The average Bonchev–Trinajstić information content (AvgIpc) is 3.08. The molecule has 4 rings (SSSR count). The Morgan fingerprint density at radius 3 is 2.79 bits per heavy atom. The van der Waals surface area contributed by atoms with Gasteiger partial charge in [-0.1, -0.05) is 19.0 Å². The Morgan fingerprint density at radius 1 is 1.38 bits per heavy atom. The van der Waals surface area contributed by atoms with Crippen LogP contribution in [0, 0.1) is 0 Å². The number of nitrogens with zero attached hydrogens (tertiary/aromatic N) is 2. The van der Waals surface area contributed by atoms with Crippen LogP contribution in [0.15, 0.2) is 10.6 Å². The van der Waals surface area contributed by atoms with E-state index in [1.807, 2.05) is 6.07 Å². The minimum Gasteiger partial charge on any atom is -0.348 e. The number of fused-ring (bicyclic) bond motifs is 1. The van der Waals surface area contributed by atoms with Crippen molar-refractivity contribution in [2.45, 2.75) is 51.0 Å². The number of pyridine rings is 1. The number of aromatic nitrogens is 2. The number of hydrogen-bond donors (Lipinski definition) is 2. The topological polar surface area (TPSA) is 80.0 Å². The molecule has 1 saturated heterocycles. The molecule has 24 heavy (non-hydrogen) atoms. The van der Waals surface area contributed by atoms with E-state index in [2.05, 4.69) is 34.6 Å². The first-order valence-corrected chi connectivity index (χ1v) is 8.45. The molecular formula is C17H23ClN4O2. The van der Waals surface area contributed by atoms with Gasteiger partial charge in [-0.15, -0.1) is 12.4 Å². The molecule has 130 valence electrons. The summed E-state index contributed by atoms with van der Waals surface area (Å²) in [4.78, 5) is 17.4. The number of carbonyl (C=O) groups is 1. The van der Waals surface area contributed by atoms with E-state index in [9.17, 15) is 4.79 Å². The molecule has 2 N–H and O–H groups in total. The molecule has 3 heterocycles. The molecule has 2 aromatic heterocycles. The Hall–Kier alpha value is -1.66. The summed E-state index contributed by atoms with van der Waals surface area (Å²) in [6.45, 7) is 5.88. The van der Waals surface area contributed by atoms with Gasteiger partial charge in [0.1, 0.15) is 0 Å². The fourth-order valence-electron chi connectivity index (χ4n) is 3.19. The second kappa shape index (κ2) is 6.69. The molecule has 0 radical (unpaired) electrons. The molecule has 0 bridgehead atoms. The van der Waals surface area contributed by atoms with Gasteiger partial charge in [0.05, 0.1) is 16.6 Å². The van der Waals surface area contributed by atoms with Gasteiger partial charge in [0.15, 0.2) is 0 Å². The highest BCUT2D eigenvalue weighted by atomic mass is 35.5. The van der Waals surface area contributed by atoms with Gasteiger partial charge in [-0.2, -0.15) is 0 Å². The molecule has 1 aliphatic heterocycles. The second-order valence-corrected chi connectivity index (χ2v) is 6.93. The summed E-state index contributed by atoms with van der Waals surface area (Å²) in [6, 6.07) is 2.14. The first-order valence-electron chi connectivity index (χ1n) is 8.45. The van der Waals surface area contributed by atoms with Crippen molar-refractivity contribution >= 4 is 29.4 Å². The van der Waals surface area contributed by atoms with Crippen molar-refractivity contribution in [2.75, 3.05) is 13.1 Å². The first kappa shape index (κ1) is 17.2. The maximum Gasteiger partial charge on any atom is 0.259 e. The molecule has 2 aliphatic rings. The van der Waals surface area contributed by atoms with E-state index in [0.717, 1.165) is 49.1 Å². The largest absolute Gasteiger partial charge is 0.348 e. The van der Waals surface area contributed by atoms with Crippen LogP contribution in [0.3, 0.4) is 0 Å². The zero-order valence-electron chi connectivity index (χ0n) is 14.0. The number of hydrogen-bond acceptors (Lipinski definition) is 5. The lowest BCUT2D eigenvalue weighted by Gasteiger charge is -2.13. The summed E-state index contributed by atoms with van der Waals surface area (Å²) in [5.74, 6) is 0.606. The maximum absolute atomic E-state index is 12.8. The van der Waals surface area contributed by atoms with Crippen LogP contribution < -0.4 is 10.6 Å². The maximum atomic E-state index is 12.8. The van der Waals surface area contributed by atoms with Gasteiger partial charge in [-0.25, -0.2) is 4.98 Å². The molecular weight excluding hydrogens is 328 g/mol. The zero-order chi connectivity index (χ0) is 16.0. The molecule has 7 heteroatoms. The van der Waals surface area contributed by atoms with E-state index in [-0.39, 0.29) is 30.3 Å². The summed E-state index contributed by atoms with van der Waals surface area (Å²) < 4.78 is 5.44. The summed E-state index contributed by atoms with van der Waals surface area (Å²) in [5.41, 5.74) is 2.92. The van der Waals surface area contributed by atoms with Crippen LogP contribution in [-0.4, -0.2) is 35.2 Å². The van der Waals surface area contributed by atoms with E-state index < -0.39 is 0 Å². The fraction of sp³-hybridized carbons (Fsp3) is 0.588. The zero-order valence-corrected chi connectivity index (χ0v) is 14.8. The summed E-state index contributed by atoms with van der Waals surface area (Å²) in [6.07, 6.45) is 3.24. The Morgan fingerprint density at radius 2 is 2.17 bits per heavy atom. The van der Waals surface area contributed by atoms with Crippen molar-refractivity contribution < 1.29 is 9.32 Å².